The highest BCUT2D eigenvalue weighted by atomic mass is 35.5. The lowest BCUT2D eigenvalue weighted by molar-refractivity contribution is 0.0950. The maximum absolute atomic E-state index is 12.1. The van der Waals surface area contributed by atoms with E-state index in [9.17, 15) is 4.79 Å². The molecule has 0 radical (unpaired) electrons. The number of likely N-dealkylation sites (tertiary alicyclic amines) is 1. The molecule has 0 aromatic heterocycles. The van der Waals surface area contributed by atoms with Gasteiger partial charge in [-0.25, -0.2) is 0 Å². The van der Waals surface area contributed by atoms with Crippen LogP contribution in [-0.4, -0.2) is 43.5 Å². The average molecular weight is 306 g/mol. The monoisotopic (exact) mass is 305 g/mol. The summed E-state index contributed by atoms with van der Waals surface area (Å²) >= 11 is 6.12. The summed E-state index contributed by atoms with van der Waals surface area (Å²) in [5.41, 5.74) is 6.57. The third kappa shape index (κ3) is 4.75. The topological polar surface area (TPSA) is 58.4 Å². The quantitative estimate of drug-likeness (QED) is 0.828. The average Bonchev–Trinajstić information content (AvgIpc) is 2.99. The van der Waals surface area contributed by atoms with Gasteiger partial charge < -0.3 is 16.0 Å². The highest BCUT2D eigenvalue weighted by Crippen LogP contribution is 2.17. The fourth-order valence-electron chi connectivity index (χ4n) is 2.34. The van der Waals surface area contributed by atoms with Gasteiger partial charge in [-0.2, -0.15) is 0 Å². The van der Waals surface area contributed by atoms with Crippen LogP contribution in [0.25, 0.3) is 0 Å². The van der Waals surface area contributed by atoms with Crippen LogP contribution < -0.4 is 11.1 Å². The van der Waals surface area contributed by atoms with Crippen molar-refractivity contribution in [2.24, 2.45) is 5.73 Å². The molecule has 0 atom stereocenters. The van der Waals surface area contributed by atoms with Crippen LogP contribution in [0, 0.1) is 11.8 Å². The number of nitrogens with zero attached hydrogens (tertiary/aromatic N) is 1. The van der Waals surface area contributed by atoms with Gasteiger partial charge >= 0.3 is 0 Å². The van der Waals surface area contributed by atoms with Gasteiger partial charge in [0.15, 0.2) is 0 Å². The standard InChI is InChI=1S/C16H20ClN3O/c17-15-12-14(6-5-13(15)4-3-7-18)16(21)19-8-11-20-9-1-2-10-20/h5-6,12H,1-2,7-11,18H2,(H,19,21). The molecule has 1 amide bonds. The van der Waals surface area contributed by atoms with E-state index >= 15 is 0 Å². The van der Waals surface area contributed by atoms with E-state index in [1.165, 1.54) is 12.8 Å². The van der Waals surface area contributed by atoms with Gasteiger partial charge in [-0.15, -0.1) is 0 Å². The Kier molecular flexibility index (Phi) is 6.06. The third-order valence-corrected chi connectivity index (χ3v) is 3.78. The number of carbonyl (C=O) groups excluding carboxylic acids is 1. The Bertz CT molecular complexity index is 556. The lowest BCUT2D eigenvalue weighted by Crippen LogP contribution is -2.33. The Morgan fingerprint density at radius 1 is 1.38 bits per heavy atom. The van der Waals surface area contributed by atoms with Crippen molar-refractivity contribution in [3.63, 3.8) is 0 Å². The van der Waals surface area contributed by atoms with Crippen LogP contribution in [0.2, 0.25) is 5.02 Å². The van der Waals surface area contributed by atoms with Crippen molar-refractivity contribution >= 4 is 17.5 Å². The zero-order chi connectivity index (χ0) is 15.1. The summed E-state index contributed by atoms with van der Waals surface area (Å²) in [6, 6.07) is 5.13. The zero-order valence-corrected chi connectivity index (χ0v) is 12.7. The normalized spacial score (nSPS) is 14.6. The molecule has 1 saturated heterocycles. The van der Waals surface area contributed by atoms with Crippen LogP contribution in [0.15, 0.2) is 18.2 Å². The van der Waals surface area contributed by atoms with E-state index < -0.39 is 0 Å². The fourth-order valence-corrected chi connectivity index (χ4v) is 2.57. The SMILES string of the molecule is NCC#Cc1ccc(C(=O)NCCN2CCCC2)cc1Cl. The largest absolute Gasteiger partial charge is 0.351 e. The molecule has 1 heterocycles. The van der Waals surface area contributed by atoms with E-state index in [4.69, 9.17) is 17.3 Å². The zero-order valence-electron chi connectivity index (χ0n) is 12.0. The van der Waals surface area contributed by atoms with Gasteiger partial charge in [-0.3, -0.25) is 4.79 Å². The number of carbonyl (C=O) groups is 1. The van der Waals surface area contributed by atoms with Gasteiger partial charge in [0.2, 0.25) is 0 Å². The van der Waals surface area contributed by atoms with Crippen molar-refractivity contribution in [1.29, 1.82) is 0 Å². The Morgan fingerprint density at radius 2 is 2.14 bits per heavy atom. The van der Waals surface area contributed by atoms with Crippen molar-refractivity contribution in [1.82, 2.24) is 10.2 Å². The van der Waals surface area contributed by atoms with E-state index in [1.54, 1.807) is 18.2 Å². The van der Waals surface area contributed by atoms with E-state index in [-0.39, 0.29) is 12.5 Å². The molecule has 2 rings (SSSR count). The molecule has 1 aliphatic heterocycles. The molecule has 4 nitrogen and oxygen atoms in total. The van der Waals surface area contributed by atoms with Crippen LogP contribution in [0.4, 0.5) is 0 Å². The van der Waals surface area contributed by atoms with Gasteiger partial charge in [0.1, 0.15) is 0 Å². The number of nitrogens with one attached hydrogen (secondary N) is 1. The van der Waals surface area contributed by atoms with Crippen molar-refractivity contribution in [2.45, 2.75) is 12.8 Å². The maximum atomic E-state index is 12.1. The summed E-state index contributed by atoms with van der Waals surface area (Å²) in [7, 11) is 0. The summed E-state index contributed by atoms with van der Waals surface area (Å²) in [5, 5.41) is 3.40. The number of benzene rings is 1. The summed E-state index contributed by atoms with van der Waals surface area (Å²) < 4.78 is 0. The molecule has 0 spiro atoms. The second-order valence-electron chi connectivity index (χ2n) is 5.01. The Balaban J connectivity index is 1.88. The minimum atomic E-state index is -0.102. The van der Waals surface area contributed by atoms with E-state index in [1.807, 2.05) is 0 Å². The van der Waals surface area contributed by atoms with Crippen molar-refractivity contribution in [2.75, 3.05) is 32.7 Å². The van der Waals surface area contributed by atoms with E-state index in [0.29, 0.717) is 22.7 Å². The number of rotatable bonds is 4. The number of halogens is 1. The van der Waals surface area contributed by atoms with Gasteiger partial charge in [-0.1, -0.05) is 23.4 Å². The van der Waals surface area contributed by atoms with Crippen molar-refractivity contribution in [3.8, 4) is 11.8 Å². The smallest absolute Gasteiger partial charge is 0.251 e. The summed E-state index contributed by atoms with van der Waals surface area (Å²) in [4.78, 5) is 14.4. The Hall–Kier alpha value is -1.54. The first-order chi connectivity index (χ1) is 10.2. The second kappa shape index (κ2) is 8.04. The number of amides is 1. The first-order valence-electron chi connectivity index (χ1n) is 7.20. The molecule has 3 N–H and O–H groups in total. The number of hydrogen-bond donors (Lipinski definition) is 2. The van der Waals surface area contributed by atoms with Crippen molar-refractivity contribution < 1.29 is 4.79 Å². The molecular formula is C16H20ClN3O. The lowest BCUT2D eigenvalue weighted by Gasteiger charge is -2.14. The van der Waals surface area contributed by atoms with Gasteiger partial charge in [-0.05, 0) is 44.1 Å². The van der Waals surface area contributed by atoms with Gasteiger partial charge in [0, 0.05) is 24.2 Å². The highest BCUT2D eigenvalue weighted by molar-refractivity contribution is 6.32. The molecular weight excluding hydrogens is 286 g/mol. The van der Waals surface area contributed by atoms with Crippen LogP contribution in [0.3, 0.4) is 0 Å². The molecule has 0 aliphatic carbocycles. The van der Waals surface area contributed by atoms with Crippen molar-refractivity contribution in [3.05, 3.63) is 34.3 Å². The third-order valence-electron chi connectivity index (χ3n) is 3.47. The minimum absolute atomic E-state index is 0.102. The molecule has 5 heteroatoms. The molecule has 1 fully saturated rings. The second-order valence-corrected chi connectivity index (χ2v) is 5.41. The first kappa shape index (κ1) is 15.8. The summed E-state index contributed by atoms with van der Waals surface area (Å²) in [6.07, 6.45) is 2.52. The predicted molar refractivity (Wildman–Crippen MR) is 85.4 cm³/mol. The Labute approximate surface area is 130 Å². The van der Waals surface area contributed by atoms with E-state index in [0.717, 1.165) is 19.6 Å². The van der Waals surface area contributed by atoms with Crippen LogP contribution in [0.1, 0.15) is 28.8 Å². The number of nitrogens with two attached hydrogens (primary N) is 1. The van der Waals surface area contributed by atoms with Crippen LogP contribution in [-0.2, 0) is 0 Å². The Morgan fingerprint density at radius 3 is 2.81 bits per heavy atom. The molecule has 0 saturated carbocycles. The fraction of sp³-hybridized carbons (Fsp3) is 0.438. The molecule has 0 unspecified atom stereocenters. The molecule has 1 aromatic rings. The summed E-state index contributed by atoms with van der Waals surface area (Å²) in [6.45, 7) is 4.12. The summed E-state index contributed by atoms with van der Waals surface area (Å²) in [5.74, 6) is 5.52. The molecule has 112 valence electrons. The molecule has 1 aliphatic rings. The van der Waals surface area contributed by atoms with E-state index in [2.05, 4.69) is 22.1 Å². The molecule has 0 bridgehead atoms. The van der Waals surface area contributed by atoms with Crippen LogP contribution in [0.5, 0.6) is 0 Å². The highest BCUT2D eigenvalue weighted by Gasteiger charge is 2.12. The maximum Gasteiger partial charge on any atom is 0.251 e. The first-order valence-corrected chi connectivity index (χ1v) is 7.57. The molecule has 21 heavy (non-hydrogen) atoms. The number of hydrogen-bond acceptors (Lipinski definition) is 3. The lowest BCUT2D eigenvalue weighted by atomic mass is 10.1. The molecule has 1 aromatic carbocycles. The van der Waals surface area contributed by atoms with Crippen LogP contribution >= 0.6 is 11.6 Å². The predicted octanol–water partition coefficient (Wildman–Crippen LogP) is 1.48. The van der Waals surface area contributed by atoms with Gasteiger partial charge in [0.05, 0.1) is 11.6 Å². The minimum Gasteiger partial charge on any atom is -0.351 e. The van der Waals surface area contributed by atoms with Gasteiger partial charge in [0.25, 0.3) is 5.91 Å².